The zero-order chi connectivity index (χ0) is 34.8. The van der Waals surface area contributed by atoms with E-state index in [9.17, 15) is 0 Å². The monoisotopic (exact) mass is 682 g/mol. The maximum Gasteiger partial charge on any atom is 0.0384 e. The summed E-state index contributed by atoms with van der Waals surface area (Å²) in [6, 6.07) is 54.9. The van der Waals surface area contributed by atoms with Crippen molar-refractivity contribution in [3.8, 4) is 66.8 Å². The van der Waals surface area contributed by atoms with Gasteiger partial charge in [0.2, 0.25) is 0 Å². The lowest BCUT2D eigenvalue weighted by Crippen LogP contribution is -2.28. The third-order valence-electron chi connectivity index (χ3n) is 10.7. The number of hydrogen-bond donors (Lipinski definition) is 0. The van der Waals surface area contributed by atoms with Gasteiger partial charge in [-0.05, 0) is 135 Å². The number of rotatable bonds is 4. The molecule has 2 nitrogen and oxygen atoms in total. The molecule has 0 spiro atoms. The second-order valence-corrected chi connectivity index (χ2v) is 16.3. The zero-order valence-electron chi connectivity index (χ0n) is 29.1. The van der Waals surface area contributed by atoms with E-state index in [1.54, 1.807) is 0 Å². The second-order valence-electron chi connectivity index (χ2n) is 14.1. The van der Waals surface area contributed by atoms with Crippen LogP contribution in [0.25, 0.3) is 66.8 Å². The summed E-state index contributed by atoms with van der Waals surface area (Å²) in [5.41, 5.74) is 20.5. The number of aromatic nitrogens is 2. The first-order valence-corrected chi connectivity index (χ1v) is 19.3. The van der Waals surface area contributed by atoms with Gasteiger partial charge in [-0.1, -0.05) is 121 Å². The van der Waals surface area contributed by atoms with Crippen LogP contribution >= 0.6 is 7.92 Å². The lowest BCUT2D eigenvalue weighted by atomic mass is 9.86. The highest BCUT2D eigenvalue weighted by molar-refractivity contribution is 7.74. The van der Waals surface area contributed by atoms with E-state index >= 15 is 0 Å². The number of aryl methyl sites for hydroxylation is 2. The molecule has 0 aliphatic carbocycles. The van der Waals surface area contributed by atoms with Crippen LogP contribution in [0.3, 0.4) is 0 Å². The summed E-state index contributed by atoms with van der Waals surface area (Å²) >= 11 is 0. The van der Waals surface area contributed by atoms with Crippen molar-refractivity contribution in [3.63, 3.8) is 0 Å². The molecule has 0 N–H and O–H groups in total. The molecule has 4 heterocycles. The van der Waals surface area contributed by atoms with Gasteiger partial charge in [-0.2, -0.15) is 0 Å². The molecule has 0 fully saturated rings. The van der Waals surface area contributed by atoms with Crippen molar-refractivity contribution in [2.24, 2.45) is 0 Å². The molecule has 0 saturated carbocycles. The smallest absolute Gasteiger partial charge is 0.0384 e. The maximum absolute atomic E-state index is 4.41. The molecule has 0 amide bonds. The molecule has 0 saturated heterocycles. The van der Waals surface area contributed by atoms with Gasteiger partial charge in [-0.3, -0.25) is 9.97 Å². The summed E-state index contributed by atoms with van der Waals surface area (Å²) < 4.78 is 0. The first-order valence-electron chi connectivity index (χ1n) is 17.9. The molecule has 2 aliphatic heterocycles. The van der Waals surface area contributed by atoms with Gasteiger partial charge in [-0.25, -0.2) is 0 Å². The van der Waals surface area contributed by atoms with Crippen LogP contribution in [0.5, 0.6) is 0 Å². The fraction of sp³-hybridized carbons (Fsp3) is 0.0612. The Morgan fingerprint density at radius 1 is 0.365 bits per heavy atom. The lowest BCUT2D eigenvalue weighted by Gasteiger charge is -2.41. The van der Waals surface area contributed by atoms with Crippen molar-refractivity contribution in [1.82, 2.24) is 9.97 Å². The van der Waals surface area contributed by atoms with Crippen LogP contribution in [0.4, 0.5) is 0 Å². The third kappa shape index (κ3) is 5.14. The van der Waals surface area contributed by atoms with E-state index in [0.29, 0.717) is 0 Å². The largest absolute Gasteiger partial charge is 0.264 e. The summed E-state index contributed by atoms with van der Waals surface area (Å²) in [4.78, 5) is 8.82. The Hall–Kier alpha value is -5.95. The minimum absolute atomic E-state index is 0.278. The highest BCUT2D eigenvalue weighted by Gasteiger charge is 2.41. The van der Waals surface area contributed by atoms with Gasteiger partial charge in [0.05, 0.1) is 0 Å². The molecule has 0 atom stereocenters. The van der Waals surface area contributed by atoms with Crippen LogP contribution in [0.1, 0.15) is 27.9 Å². The number of fused-ring (bicyclic) bond motifs is 11. The summed E-state index contributed by atoms with van der Waals surface area (Å²) in [6.45, 7) is 4.18. The van der Waals surface area contributed by atoms with Crippen LogP contribution in [0.15, 0.2) is 170 Å². The van der Waals surface area contributed by atoms with E-state index < -0.39 is 7.92 Å². The molecule has 0 radical (unpaired) electrons. The second kappa shape index (κ2) is 12.4. The lowest BCUT2D eigenvalue weighted by molar-refractivity contribution is 1.13. The van der Waals surface area contributed by atoms with Crippen molar-refractivity contribution in [2.45, 2.75) is 19.5 Å². The molecule has 6 aromatic carbocycles. The van der Waals surface area contributed by atoms with Crippen LogP contribution in [-0.2, 0) is 0 Å². The van der Waals surface area contributed by atoms with Crippen LogP contribution in [0, 0.1) is 13.8 Å². The fourth-order valence-electron chi connectivity index (χ4n) is 8.23. The van der Waals surface area contributed by atoms with Gasteiger partial charge in [0.25, 0.3) is 0 Å². The quantitative estimate of drug-likeness (QED) is 0.173. The zero-order valence-corrected chi connectivity index (χ0v) is 30.0. The predicted octanol–water partition coefficient (Wildman–Crippen LogP) is 11.9. The SMILES string of the molecule is Cc1cncc(-c2ccc(-c3ccc4c(c3)-c3ccccc3P3c5ccccc5-c5cc(-c6ccc(-c7cncc(C)c7)cc6)ccc5C43)cc2)c1. The molecule has 10 rings (SSSR count). The van der Waals surface area contributed by atoms with Gasteiger partial charge >= 0.3 is 0 Å². The topological polar surface area (TPSA) is 25.8 Å². The molecule has 0 bridgehead atoms. The van der Waals surface area contributed by atoms with Crippen molar-refractivity contribution in [3.05, 3.63) is 193 Å². The summed E-state index contributed by atoms with van der Waals surface area (Å²) in [7, 11) is -0.656. The van der Waals surface area contributed by atoms with E-state index in [2.05, 4.69) is 169 Å². The van der Waals surface area contributed by atoms with Crippen molar-refractivity contribution < 1.29 is 0 Å². The molecule has 246 valence electrons. The molecular weight excluding hydrogens is 648 g/mol. The van der Waals surface area contributed by atoms with Gasteiger partial charge in [-0.15, -0.1) is 0 Å². The van der Waals surface area contributed by atoms with Crippen molar-refractivity contribution in [1.29, 1.82) is 0 Å². The summed E-state index contributed by atoms with van der Waals surface area (Å²) in [6.07, 6.45) is 7.69. The Bertz CT molecular complexity index is 2470. The molecule has 2 aromatic heterocycles. The highest BCUT2D eigenvalue weighted by Crippen LogP contribution is 2.64. The minimum atomic E-state index is -0.656. The molecular formula is C49H35N2P. The minimum Gasteiger partial charge on any atom is -0.264 e. The average Bonchev–Trinajstić information content (AvgIpc) is 3.20. The predicted molar refractivity (Wildman–Crippen MR) is 219 cm³/mol. The first kappa shape index (κ1) is 30.8. The van der Waals surface area contributed by atoms with E-state index in [1.807, 2.05) is 24.8 Å². The van der Waals surface area contributed by atoms with Crippen molar-refractivity contribution >= 4 is 18.5 Å². The Balaban J connectivity index is 1.08. The Kier molecular flexibility index (Phi) is 7.34. The van der Waals surface area contributed by atoms with Gasteiger partial charge in [0.1, 0.15) is 0 Å². The van der Waals surface area contributed by atoms with Gasteiger partial charge in [0.15, 0.2) is 0 Å². The van der Waals surface area contributed by atoms with E-state index in [4.69, 9.17) is 0 Å². The molecule has 8 aromatic rings. The van der Waals surface area contributed by atoms with Crippen molar-refractivity contribution in [2.75, 3.05) is 0 Å². The molecule has 0 unspecified atom stereocenters. The van der Waals surface area contributed by atoms with Crippen LogP contribution in [0.2, 0.25) is 0 Å². The van der Waals surface area contributed by atoms with Crippen LogP contribution in [-0.4, -0.2) is 9.97 Å². The van der Waals surface area contributed by atoms with E-state index in [1.165, 1.54) is 88.5 Å². The Morgan fingerprint density at radius 2 is 0.750 bits per heavy atom. The number of pyridine rings is 2. The molecule has 2 aliphatic rings. The van der Waals surface area contributed by atoms with E-state index in [-0.39, 0.29) is 5.66 Å². The first-order chi connectivity index (χ1) is 25.6. The Morgan fingerprint density at radius 3 is 1.17 bits per heavy atom. The molecule has 3 heteroatoms. The summed E-state index contributed by atoms with van der Waals surface area (Å²) in [5, 5.41) is 2.94. The fourth-order valence-corrected chi connectivity index (χ4v) is 11.5. The number of hydrogen-bond acceptors (Lipinski definition) is 2. The number of nitrogens with zero attached hydrogens (tertiary/aromatic N) is 2. The standard InChI is InChI=1S/C49H35N2P/c1-31-23-39(29-50-27-31)35-15-11-33(12-16-35)37-19-21-43-45(25-37)41-7-3-5-9-47(41)52-48-10-6-4-8-42(48)46-26-38(20-22-44(46)49(43)52)34-13-17-36(18-14-34)40-24-32(2)28-51-30-40/h3-30,49H,1-2H3. The number of benzene rings is 6. The normalized spacial score (nSPS) is 15.1. The molecule has 52 heavy (non-hydrogen) atoms. The third-order valence-corrected chi connectivity index (χ3v) is 13.6. The maximum atomic E-state index is 4.41. The Labute approximate surface area is 306 Å². The summed E-state index contributed by atoms with van der Waals surface area (Å²) in [5.74, 6) is 0. The average molecular weight is 683 g/mol. The highest BCUT2D eigenvalue weighted by atomic mass is 31.1. The van der Waals surface area contributed by atoms with Gasteiger partial charge < -0.3 is 0 Å². The van der Waals surface area contributed by atoms with Crippen LogP contribution < -0.4 is 10.6 Å². The van der Waals surface area contributed by atoms with Gasteiger partial charge in [0, 0.05) is 41.6 Å². The van der Waals surface area contributed by atoms with E-state index in [0.717, 1.165) is 11.1 Å².